The van der Waals surface area contributed by atoms with Crippen LogP contribution in [0.3, 0.4) is 0 Å². The van der Waals surface area contributed by atoms with E-state index >= 15 is 0 Å². The fourth-order valence-corrected chi connectivity index (χ4v) is 2.38. The van der Waals surface area contributed by atoms with Crippen molar-refractivity contribution in [3.63, 3.8) is 0 Å². The summed E-state index contributed by atoms with van der Waals surface area (Å²) in [5.41, 5.74) is 2.72. The van der Waals surface area contributed by atoms with Crippen LogP contribution in [0.25, 0.3) is 11.4 Å². The number of anilines is 1. The molecule has 0 saturated carbocycles. The largest absolute Gasteiger partial charge is 0.497 e. The summed E-state index contributed by atoms with van der Waals surface area (Å²) in [6, 6.07) is 15.9. The van der Waals surface area contributed by atoms with Crippen molar-refractivity contribution in [3.05, 3.63) is 60.3 Å². The predicted molar refractivity (Wildman–Crippen MR) is 97.0 cm³/mol. The number of ether oxygens (including phenoxy) is 2. The Bertz CT molecular complexity index is 807. The normalized spacial score (nSPS) is 10.3. The van der Waals surface area contributed by atoms with Crippen LogP contribution < -0.4 is 14.8 Å². The molecule has 0 bridgehead atoms. The lowest BCUT2D eigenvalue weighted by Crippen LogP contribution is -2.08. The van der Waals surface area contributed by atoms with Crippen molar-refractivity contribution in [1.29, 1.82) is 0 Å². The van der Waals surface area contributed by atoms with E-state index in [2.05, 4.69) is 32.4 Å². The second kappa shape index (κ2) is 8.10. The quantitative estimate of drug-likeness (QED) is 0.714. The van der Waals surface area contributed by atoms with Gasteiger partial charge in [0.25, 0.3) is 0 Å². The van der Waals surface area contributed by atoms with Gasteiger partial charge in [0.1, 0.15) is 11.6 Å². The molecule has 1 N–H and O–H groups in total. The Hall–Kier alpha value is -3.15. The summed E-state index contributed by atoms with van der Waals surface area (Å²) in [4.78, 5) is 13.0. The summed E-state index contributed by atoms with van der Waals surface area (Å²) in [6.07, 6.45) is 2.61. The Kier molecular flexibility index (Phi) is 5.41. The van der Waals surface area contributed by atoms with Crippen molar-refractivity contribution in [1.82, 2.24) is 15.0 Å². The van der Waals surface area contributed by atoms with Gasteiger partial charge < -0.3 is 14.8 Å². The SMILES string of the molecule is COc1ccc(CCNc2cc(-c3ccccn3)nc(OC)n2)cc1. The number of hydrogen-bond acceptors (Lipinski definition) is 6. The lowest BCUT2D eigenvalue weighted by atomic mass is 10.1. The molecule has 128 valence electrons. The first-order valence-corrected chi connectivity index (χ1v) is 8.00. The highest BCUT2D eigenvalue weighted by molar-refractivity contribution is 5.59. The average molecular weight is 336 g/mol. The summed E-state index contributed by atoms with van der Waals surface area (Å²) in [5, 5.41) is 3.32. The molecule has 0 aliphatic rings. The Morgan fingerprint density at radius 1 is 0.920 bits per heavy atom. The average Bonchev–Trinajstić information content (AvgIpc) is 2.69. The fourth-order valence-electron chi connectivity index (χ4n) is 2.38. The number of hydrogen-bond donors (Lipinski definition) is 1. The molecule has 0 radical (unpaired) electrons. The Morgan fingerprint density at radius 2 is 1.76 bits per heavy atom. The van der Waals surface area contributed by atoms with Crippen molar-refractivity contribution in [2.24, 2.45) is 0 Å². The zero-order valence-corrected chi connectivity index (χ0v) is 14.3. The second-order valence-corrected chi connectivity index (χ2v) is 5.36. The molecule has 3 rings (SSSR count). The van der Waals surface area contributed by atoms with Crippen molar-refractivity contribution >= 4 is 5.82 Å². The number of rotatable bonds is 7. The highest BCUT2D eigenvalue weighted by Gasteiger charge is 2.07. The van der Waals surface area contributed by atoms with E-state index in [0.717, 1.165) is 30.1 Å². The van der Waals surface area contributed by atoms with E-state index in [0.29, 0.717) is 11.8 Å². The van der Waals surface area contributed by atoms with Gasteiger partial charge in [0, 0.05) is 18.8 Å². The molecule has 0 atom stereocenters. The lowest BCUT2D eigenvalue weighted by Gasteiger charge is -2.09. The van der Waals surface area contributed by atoms with Crippen LogP contribution in [0.4, 0.5) is 5.82 Å². The molecule has 0 amide bonds. The van der Waals surface area contributed by atoms with Crippen LogP contribution in [0.15, 0.2) is 54.7 Å². The molecule has 2 aromatic heterocycles. The molecule has 3 aromatic rings. The Morgan fingerprint density at radius 3 is 2.44 bits per heavy atom. The summed E-state index contributed by atoms with van der Waals surface area (Å²) in [7, 11) is 3.22. The van der Waals surface area contributed by atoms with Crippen molar-refractivity contribution in [2.75, 3.05) is 26.1 Å². The van der Waals surface area contributed by atoms with Crippen LogP contribution in [0.5, 0.6) is 11.8 Å². The maximum atomic E-state index is 5.20. The summed E-state index contributed by atoms with van der Waals surface area (Å²) >= 11 is 0. The van der Waals surface area contributed by atoms with E-state index < -0.39 is 0 Å². The number of nitrogens with one attached hydrogen (secondary N) is 1. The molecule has 0 saturated heterocycles. The molecule has 6 nitrogen and oxygen atoms in total. The summed E-state index contributed by atoms with van der Waals surface area (Å²) in [5.74, 6) is 1.57. The van der Waals surface area contributed by atoms with Gasteiger partial charge in [0.05, 0.1) is 25.6 Å². The van der Waals surface area contributed by atoms with E-state index in [1.54, 1.807) is 20.4 Å². The highest BCUT2D eigenvalue weighted by atomic mass is 16.5. The molecule has 25 heavy (non-hydrogen) atoms. The van der Waals surface area contributed by atoms with Crippen LogP contribution >= 0.6 is 0 Å². The first kappa shape index (κ1) is 16.7. The zero-order valence-electron chi connectivity index (χ0n) is 14.3. The van der Waals surface area contributed by atoms with Crippen LogP contribution in [-0.4, -0.2) is 35.7 Å². The van der Waals surface area contributed by atoms with Gasteiger partial charge in [-0.25, -0.2) is 0 Å². The van der Waals surface area contributed by atoms with Crippen molar-refractivity contribution in [3.8, 4) is 23.1 Å². The molecular weight excluding hydrogens is 316 g/mol. The van der Waals surface area contributed by atoms with E-state index in [1.165, 1.54) is 5.56 Å². The second-order valence-electron chi connectivity index (χ2n) is 5.36. The number of methoxy groups -OCH3 is 2. The third-order valence-electron chi connectivity index (χ3n) is 3.69. The zero-order chi connectivity index (χ0) is 17.5. The standard InChI is InChI=1S/C19H20N4O2/c1-24-15-8-6-14(7-9-15)10-12-21-18-13-17(22-19(23-18)25-2)16-5-3-4-11-20-16/h3-9,11,13H,10,12H2,1-2H3,(H,21,22,23). The Balaban J connectivity index is 1.69. The van der Waals surface area contributed by atoms with Crippen molar-refractivity contribution < 1.29 is 9.47 Å². The molecule has 0 aliphatic carbocycles. The molecule has 6 heteroatoms. The van der Waals surface area contributed by atoms with Gasteiger partial charge >= 0.3 is 6.01 Å². The minimum Gasteiger partial charge on any atom is -0.497 e. The molecule has 0 spiro atoms. The molecule has 0 fully saturated rings. The first-order valence-electron chi connectivity index (χ1n) is 8.00. The van der Waals surface area contributed by atoms with Crippen LogP contribution in [-0.2, 0) is 6.42 Å². The van der Waals surface area contributed by atoms with Gasteiger partial charge in [-0.1, -0.05) is 18.2 Å². The van der Waals surface area contributed by atoms with Gasteiger partial charge in [0.2, 0.25) is 0 Å². The van der Waals surface area contributed by atoms with Gasteiger partial charge in [0.15, 0.2) is 0 Å². The van der Waals surface area contributed by atoms with Gasteiger partial charge in [-0.2, -0.15) is 9.97 Å². The van der Waals surface area contributed by atoms with Crippen LogP contribution in [0, 0.1) is 0 Å². The monoisotopic (exact) mass is 336 g/mol. The summed E-state index contributed by atoms with van der Waals surface area (Å²) < 4.78 is 10.4. The third-order valence-corrected chi connectivity index (χ3v) is 3.69. The molecule has 1 aromatic carbocycles. The van der Waals surface area contributed by atoms with Crippen LogP contribution in [0.2, 0.25) is 0 Å². The first-order chi connectivity index (χ1) is 12.3. The van der Waals surface area contributed by atoms with Crippen molar-refractivity contribution in [2.45, 2.75) is 6.42 Å². The van der Waals surface area contributed by atoms with Gasteiger partial charge in [-0.05, 0) is 36.2 Å². The number of pyridine rings is 1. The Labute approximate surface area is 146 Å². The maximum Gasteiger partial charge on any atom is 0.318 e. The minimum absolute atomic E-state index is 0.315. The van der Waals surface area contributed by atoms with E-state index in [9.17, 15) is 0 Å². The smallest absolute Gasteiger partial charge is 0.318 e. The van der Waals surface area contributed by atoms with Gasteiger partial charge in [-0.3, -0.25) is 4.98 Å². The van der Waals surface area contributed by atoms with Gasteiger partial charge in [-0.15, -0.1) is 0 Å². The minimum atomic E-state index is 0.315. The molecule has 0 aliphatic heterocycles. The number of aromatic nitrogens is 3. The molecular formula is C19H20N4O2. The van der Waals surface area contributed by atoms with Crippen LogP contribution in [0.1, 0.15) is 5.56 Å². The number of benzene rings is 1. The van der Waals surface area contributed by atoms with E-state index in [-0.39, 0.29) is 0 Å². The molecule has 0 unspecified atom stereocenters. The van der Waals surface area contributed by atoms with E-state index in [1.807, 2.05) is 36.4 Å². The van der Waals surface area contributed by atoms with E-state index in [4.69, 9.17) is 9.47 Å². The predicted octanol–water partition coefficient (Wildman–Crippen LogP) is 3.21. The molecule has 2 heterocycles. The highest BCUT2D eigenvalue weighted by Crippen LogP contribution is 2.20. The fraction of sp³-hybridized carbons (Fsp3) is 0.211. The third kappa shape index (κ3) is 4.44. The number of nitrogens with zero attached hydrogens (tertiary/aromatic N) is 3. The lowest BCUT2D eigenvalue weighted by molar-refractivity contribution is 0.381. The topological polar surface area (TPSA) is 69.2 Å². The summed E-state index contributed by atoms with van der Waals surface area (Å²) in [6.45, 7) is 0.744. The maximum absolute atomic E-state index is 5.20.